The fourth-order valence-electron chi connectivity index (χ4n) is 3.03. The first-order chi connectivity index (χ1) is 14.6. The third kappa shape index (κ3) is 5.00. The van der Waals surface area contributed by atoms with Crippen molar-refractivity contribution in [2.24, 2.45) is 0 Å². The van der Waals surface area contributed by atoms with E-state index in [-0.39, 0.29) is 15.5 Å². The number of anilines is 2. The van der Waals surface area contributed by atoms with E-state index in [2.05, 4.69) is 10.0 Å². The number of carbonyl (C=O) groups excluding carboxylic acids is 1. The molecule has 6 nitrogen and oxygen atoms in total. The number of nitrogens with one attached hydrogen (secondary N) is 2. The summed E-state index contributed by atoms with van der Waals surface area (Å²) in [6.07, 6.45) is 0. The summed E-state index contributed by atoms with van der Waals surface area (Å²) in [6, 6.07) is 14.8. The Bertz CT molecular complexity index is 1260. The van der Waals surface area contributed by atoms with Crippen LogP contribution in [0.1, 0.15) is 27.0 Å². The molecule has 0 radical (unpaired) electrons. The van der Waals surface area contributed by atoms with Gasteiger partial charge in [0.05, 0.1) is 23.5 Å². The lowest BCUT2D eigenvalue weighted by Gasteiger charge is -2.14. The van der Waals surface area contributed by atoms with E-state index in [4.69, 9.17) is 16.3 Å². The minimum absolute atomic E-state index is 0.0162. The van der Waals surface area contributed by atoms with Gasteiger partial charge in [0.15, 0.2) is 0 Å². The van der Waals surface area contributed by atoms with E-state index in [9.17, 15) is 13.2 Å². The largest absolute Gasteiger partial charge is 0.495 e. The topological polar surface area (TPSA) is 84.5 Å². The lowest BCUT2D eigenvalue weighted by molar-refractivity contribution is 0.102. The maximum absolute atomic E-state index is 13.0. The van der Waals surface area contributed by atoms with Crippen LogP contribution >= 0.6 is 11.6 Å². The molecule has 0 aliphatic heterocycles. The number of hydrogen-bond donors (Lipinski definition) is 2. The predicted molar refractivity (Wildman–Crippen MR) is 124 cm³/mol. The molecule has 0 spiro atoms. The quantitative estimate of drug-likeness (QED) is 0.523. The molecular formula is C23H23ClN2O4S. The molecule has 3 aromatic rings. The first kappa shape index (κ1) is 22.7. The molecule has 0 aliphatic rings. The second kappa shape index (κ2) is 8.99. The third-order valence-corrected chi connectivity index (χ3v) is 6.78. The molecule has 0 saturated carbocycles. The van der Waals surface area contributed by atoms with Crippen molar-refractivity contribution in [1.29, 1.82) is 0 Å². The smallest absolute Gasteiger partial charge is 0.263 e. The van der Waals surface area contributed by atoms with Crippen LogP contribution in [-0.2, 0) is 10.0 Å². The Labute approximate surface area is 187 Å². The summed E-state index contributed by atoms with van der Waals surface area (Å²) in [6.45, 7) is 5.61. The highest BCUT2D eigenvalue weighted by molar-refractivity contribution is 7.92. The zero-order valence-corrected chi connectivity index (χ0v) is 19.2. The Balaban J connectivity index is 1.93. The normalized spacial score (nSPS) is 11.1. The van der Waals surface area contributed by atoms with Gasteiger partial charge in [0.25, 0.3) is 15.9 Å². The summed E-state index contributed by atoms with van der Waals surface area (Å²) in [5.41, 5.74) is 3.78. The molecule has 162 valence electrons. The lowest BCUT2D eigenvalue weighted by Crippen LogP contribution is -2.17. The van der Waals surface area contributed by atoms with Crippen LogP contribution in [0.4, 0.5) is 11.4 Å². The van der Waals surface area contributed by atoms with Gasteiger partial charge in [-0.15, -0.1) is 0 Å². The van der Waals surface area contributed by atoms with Gasteiger partial charge in [0.2, 0.25) is 0 Å². The van der Waals surface area contributed by atoms with Crippen molar-refractivity contribution in [1.82, 2.24) is 0 Å². The Morgan fingerprint density at radius 3 is 2.42 bits per heavy atom. The van der Waals surface area contributed by atoms with Gasteiger partial charge in [-0.3, -0.25) is 9.52 Å². The van der Waals surface area contributed by atoms with Crippen molar-refractivity contribution in [2.45, 2.75) is 25.7 Å². The fraction of sp³-hybridized carbons (Fsp3) is 0.174. The van der Waals surface area contributed by atoms with E-state index in [1.807, 2.05) is 32.9 Å². The second-order valence-electron chi connectivity index (χ2n) is 7.16. The summed E-state index contributed by atoms with van der Waals surface area (Å²) in [5, 5.41) is 2.78. The van der Waals surface area contributed by atoms with Crippen LogP contribution in [0.15, 0.2) is 59.5 Å². The van der Waals surface area contributed by atoms with E-state index >= 15 is 0 Å². The van der Waals surface area contributed by atoms with Crippen molar-refractivity contribution in [3.8, 4) is 5.75 Å². The zero-order chi connectivity index (χ0) is 22.8. The average molecular weight is 459 g/mol. The van der Waals surface area contributed by atoms with E-state index in [0.29, 0.717) is 17.1 Å². The van der Waals surface area contributed by atoms with Crippen LogP contribution in [0.25, 0.3) is 0 Å². The van der Waals surface area contributed by atoms with Crippen molar-refractivity contribution >= 4 is 38.9 Å². The van der Waals surface area contributed by atoms with Gasteiger partial charge in [-0.1, -0.05) is 29.8 Å². The van der Waals surface area contributed by atoms with E-state index in [1.165, 1.54) is 25.3 Å². The maximum Gasteiger partial charge on any atom is 0.263 e. The number of aryl methyl sites for hydroxylation is 2. The summed E-state index contributed by atoms with van der Waals surface area (Å²) in [7, 11) is -2.51. The van der Waals surface area contributed by atoms with Crippen LogP contribution in [0, 0.1) is 20.8 Å². The SMILES string of the molecule is COc1ccc(C)cc1NC(=O)c1ccc(Cl)c(S(=O)(=O)Nc2cccc(C)c2C)c1. The van der Waals surface area contributed by atoms with Gasteiger partial charge in [0, 0.05) is 5.56 Å². The number of carbonyl (C=O) groups is 1. The Kier molecular flexibility index (Phi) is 6.57. The number of hydrogen-bond acceptors (Lipinski definition) is 4. The Morgan fingerprint density at radius 2 is 1.71 bits per heavy atom. The first-order valence-electron chi connectivity index (χ1n) is 9.47. The number of sulfonamides is 1. The van der Waals surface area contributed by atoms with Gasteiger partial charge >= 0.3 is 0 Å². The highest BCUT2D eigenvalue weighted by atomic mass is 35.5. The van der Waals surface area contributed by atoms with Gasteiger partial charge in [0.1, 0.15) is 10.6 Å². The molecule has 31 heavy (non-hydrogen) atoms. The molecular weight excluding hydrogens is 436 g/mol. The minimum Gasteiger partial charge on any atom is -0.495 e. The van der Waals surface area contributed by atoms with Crippen LogP contribution in [0.3, 0.4) is 0 Å². The molecule has 0 aromatic heterocycles. The van der Waals surface area contributed by atoms with Crippen LogP contribution < -0.4 is 14.8 Å². The van der Waals surface area contributed by atoms with E-state index < -0.39 is 15.9 Å². The summed E-state index contributed by atoms with van der Waals surface area (Å²) in [5.74, 6) is 0.0149. The number of benzene rings is 3. The second-order valence-corrected chi connectivity index (χ2v) is 9.21. The van der Waals surface area contributed by atoms with Crippen LogP contribution in [0.2, 0.25) is 5.02 Å². The molecule has 0 aliphatic carbocycles. The van der Waals surface area contributed by atoms with Crippen molar-refractivity contribution < 1.29 is 17.9 Å². The molecule has 0 atom stereocenters. The Hall–Kier alpha value is -3.03. The first-order valence-corrected chi connectivity index (χ1v) is 11.3. The highest BCUT2D eigenvalue weighted by Crippen LogP contribution is 2.29. The summed E-state index contributed by atoms with van der Waals surface area (Å²) in [4.78, 5) is 12.6. The number of ether oxygens (including phenoxy) is 1. The summed E-state index contributed by atoms with van der Waals surface area (Å²) < 4.78 is 33.9. The molecule has 3 rings (SSSR count). The zero-order valence-electron chi connectivity index (χ0n) is 17.6. The highest BCUT2D eigenvalue weighted by Gasteiger charge is 2.22. The molecule has 0 unspecified atom stereocenters. The number of methoxy groups -OCH3 is 1. The molecule has 0 saturated heterocycles. The maximum atomic E-state index is 13.0. The van der Waals surface area contributed by atoms with Gasteiger partial charge in [-0.2, -0.15) is 0 Å². The van der Waals surface area contributed by atoms with E-state index in [0.717, 1.165) is 16.7 Å². The average Bonchev–Trinajstić information content (AvgIpc) is 2.71. The van der Waals surface area contributed by atoms with Crippen molar-refractivity contribution in [3.05, 3.63) is 81.9 Å². The predicted octanol–water partition coefficient (Wildman–Crippen LogP) is 5.33. The third-order valence-electron chi connectivity index (χ3n) is 4.94. The van der Waals surface area contributed by atoms with Gasteiger partial charge in [-0.05, 0) is 73.9 Å². The Morgan fingerprint density at radius 1 is 0.968 bits per heavy atom. The van der Waals surface area contributed by atoms with Gasteiger partial charge in [-0.25, -0.2) is 8.42 Å². The lowest BCUT2D eigenvalue weighted by atomic mass is 10.1. The fourth-order valence-corrected chi connectivity index (χ4v) is 4.68. The molecule has 0 bridgehead atoms. The molecule has 1 amide bonds. The minimum atomic E-state index is -4.02. The van der Waals surface area contributed by atoms with Crippen LogP contribution in [0.5, 0.6) is 5.75 Å². The van der Waals surface area contributed by atoms with E-state index in [1.54, 1.807) is 24.3 Å². The van der Waals surface area contributed by atoms with Crippen LogP contribution in [-0.4, -0.2) is 21.4 Å². The van der Waals surface area contributed by atoms with Gasteiger partial charge < -0.3 is 10.1 Å². The standard InChI is InChI=1S/C23H23ClN2O4S/c1-14-8-11-21(30-4)20(12-14)25-23(27)17-9-10-18(24)22(13-17)31(28,29)26-19-7-5-6-15(2)16(19)3/h5-13,26H,1-4H3,(H,25,27). The summed E-state index contributed by atoms with van der Waals surface area (Å²) >= 11 is 6.18. The molecule has 3 aromatic carbocycles. The van der Waals surface area contributed by atoms with Crippen molar-refractivity contribution in [3.63, 3.8) is 0 Å². The number of halogens is 1. The molecule has 8 heteroatoms. The molecule has 0 fully saturated rings. The molecule has 2 N–H and O–H groups in total. The number of amides is 1. The molecule has 0 heterocycles. The monoisotopic (exact) mass is 458 g/mol. The van der Waals surface area contributed by atoms with Crippen molar-refractivity contribution in [2.75, 3.05) is 17.1 Å². The number of rotatable bonds is 6.